The van der Waals surface area contributed by atoms with Crippen LogP contribution in [-0.2, 0) is 41.0 Å². The van der Waals surface area contributed by atoms with E-state index in [1.165, 1.54) is 22.0 Å². The average Bonchev–Trinajstić information content (AvgIpc) is 3.19. The number of nitrogens with one attached hydrogen (secondary N) is 2. The lowest BCUT2D eigenvalue weighted by molar-refractivity contribution is -0.150. The van der Waals surface area contributed by atoms with Gasteiger partial charge in [-0.1, -0.05) is 13.8 Å². The van der Waals surface area contributed by atoms with Crippen LogP contribution < -0.4 is 15.8 Å². The number of carboxylic acid groups (broad SMARTS) is 1. The van der Waals surface area contributed by atoms with Gasteiger partial charge in [0.1, 0.15) is 25.3 Å². The molecule has 0 saturated carbocycles. The fraction of sp³-hybridized carbons (Fsp3) is 0.650. The number of aryl methyl sites for hydroxylation is 1. The molecule has 1 aromatic heterocycles. The summed E-state index contributed by atoms with van der Waals surface area (Å²) in [5, 5.41) is 11.1. The highest BCUT2D eigenvalue weighted by Gasteiger charge is 2.39. The largest absolute Gasteiger partial charge is 0.480 e. The second-order valence-corrected chi connectivity index (χ2v) is 10.5. The molecule has 1 aromatic rings. The van der Waals surface area contributed by atoms with Crippen LogP contribution in [-0.4, -0.2) is 89.6 Å². The van der Waals surface area contributed by atoms with E-state index in [1.807, 2.05) is 13.8 Å². The van der Waals surface area contributed by atoms with E-state index in [-0.39, 0.29) is 36.8 Å². The molecular formula is C20H32N6O8S. The second-order valence-electron chi connectivity index (χ2n) is 8.80. The van der Waals surface area contributed by atoms with Crippen LogP contribution in [0, 0.1) is 5.92 Å². The minimum Gasteiger partial charge on any atom is -0.480 e. The van der Waals surface area contributed by atoms with E-state index in [4.69, 9.17) is 15.6 Å². The Morgan fingerprint density at radius 2 is 1.97 bits per heavy atom. The number of ether oxygens (including phenoxy) is 1. The lowest BCUT2D eigenvalue weighted by Gasteiger charge is -2.39. The Bertz CT molecular complexity index is 1040. The maximum Gasteiger partial charge on any atom is 0.329 e. The van der Waals surface area contributed by atoms with Crippen molar-refractivity contribution < 1.29 is 37.4 Å². The zero-order valence-electron chi connectivity index (χ0n) is 19.8. The lowest BCUT2D eigenvalue weighted by Crippen LogP contribution is -2.60. The summed E-state index contributed by atoms with van der Waals surface area (Å²) in [6.45, 7) is 2.42. The Labute approximate surface area is 203 Å². The first-order valence-electron chi connectivity index (χ1n) is 11.0. The maximum absolute atomic E-state index is 13.1. The molecule has 0 bridgehead atoms. The summed E-state index contributed by atoms with van der Waals surface area (Å²) in [6.07, 6.45) is 3.04. The van der Waals surface area contributed by atoms with Crippen LogP contribution in [0.4, 0.5) is 0 Å². The zero-order valence-corrected chi connectivity index (χ0v) is 20.7. The van der Waals surface area contributed by atoms with Gasteiger partial charge in [0, 0.05) is 25.8 Å². The standard InChI is InChI=1S/C20H32N6O8S/c1-12(2)6-14(19(21)30)23-20(31)15-7-13(24-35(32,33)16-8-25(3)11-22-16)4-5-26(15)17(27)9-34-10-18(28)29/h8,11-15,24H,4-7,9-10H2,1-3H3,(H2,21,30)(H,23,31)(H,28,29). The number of carbonyl (C=O) groups is 4. The number of carbonyl (C=O) groups excluding carboxylic acids is 3. The van der Waals surface area contributed by atoms with Gasteiger partial charge in [0.05, 0.1) is 6.33 Å². The Balaban J connectivity index is 2.20. The number of nitrogens with zero attached hydrogens (tertiary/aromatic N) is 3. The summed E-state index contributed by atoms with van der Waals surface area (Å²) in [7, 11) is -2.36. The Morgan fingerprint density at radius 1 is 1.29 bits per heavy atom. The molecule has 1 aliphatic heterocycles. The summed E-state index contributed by atoms with van der Waals surface area (Å²) in [5.41, 5.74) is 5.42. The van der Waals surface area contributed by atoms with Crippen LogP contribution in [0.2, 0.25) is 0 Å². The topological polar surface area (TPSA) is 203 Å². The third-order valence-corrected chi connectivity index (χ3v) is 6.73. The monoisotopic (exact) mass is 516 g/mol. The van der Waals surface area contributed by atoms with Crippen LogP contribution in [0.1, 0.15) is 33.1 Å². The quantitative estimate of drug-likeness (QED) is 0.246. The highest BCUT2D eigenvalue weighted by atomic mass is 32.2. The Hall–Kier alpha value is -3.04. The maximum atomic E-state index is 13.1. The van der Waals surface area contributed by atoms with Crippen LogP contribution in [0.3, 0.4) is 0 Å². The van der Waals surface area contributed by atoms with E-state index in [0.717, 1.165) is 0 Å². The van der Waals surface area contributed by atoms with Crippen LogP contribution in [0.25, 0.3) is 0 Å². The highest BCUT2D eigenvalue weighted by molar-refractivity contribution is 7.89. The number of amides is 3. The molecule has 3 unspecified atom stereocenters. The van der Waals surface area contributed by atoms with Gasteiger partial charge in [-0.15, -0.1) is 0 Å². The van der Waals surface area contributed by atoms with E-state index >= 15 is 0 Å². The molecule has 0 spiro atoms. The third kappa shape index (κ3) is 8.29. The molecule has 196 valence electrons. The van der Waals surface area contributed by atoms with Crippen LogP contribution in [0.5, 0.6) is 0 Å². The average molecular weight is 517 g/mol. The predicted octanol–water partition coefficient (Wildman–Crippen LogP) is -1.82. The second kappa shape index (κ2) is 12.1. The van der Waals surface area contributed by atoms with Crippen molar-refractivity contribution in [2.24, 2.45) is 18.7 Å². The van der Waals surface area contributed by atoms with Crippen molar-refractivity contribution in [1.82, 2.24) is 24.5 Å². The van der Waals surface area contributed by atoms with Gasteiger partial charge in [0.2, 0.25) is 17.7 Å². The molecule has 0 aromatic carbocycles. The molecule has 0 radical (unpaired) electrons. The number of sulfonamides is 1. The zero-order chi connectivity index (χ0) is 26.3. The number of hydrogen-bond donors (Lipinski definition) is 4. The number of likely N-dealkylation sites (tertiary alicyclic amines) is 1. The number of hydrogen-bond acceptors (Lipinski definition) is 8. The predicted molar refractivity (Wildman–Crippen MR) is 121 cm³/mol. The van der Waals surface area contributed by atoms with E-state index in [0.29, 0.717) is 0 Å². The first kappa shape index (κ1) is 28.2. The summed E-state index contributed by atoms with van der Waals surface area (Å²) in [5.74, 6) is -3.27. The molecular weight excluding hydrogens is 484 g/mol. The summed E-state index contributed by atoms with van der Waals surface area (Å²) in [6, 6.07) is -2.83. The number of imidazole rings is 1. The fourth-order valence-corrected chi connectivity index (χ4v) is 4.99. The Kier molecular flexibility index (Phi) is 9.73. The van der Waals surface area contributed by atoms with Crippen molar-refractivity contribution in [3.05, 3.63) is 12.5 Å². The van der Waals surface area contributed by atoms with Crippen molar-refractivity contribution in [1.29, 1.82) is 0 Å². The first-order valence-corrected chi connectivity index (χ1v) is 12.5. The molecule has 0 aliphatic carbocycles. The molecule has 1 saturated heterocycles. The SMILES string of the molecule is CC(C)CC(NC(=O)C1CC(NS(=O)(=O)c2cn(C)cn2)CCN1C(=O)COCC(=O)O)C(N)=O. The van der Waals surface area contributed by atoms with Gasteiger partial charge < -0.3 is 30.4 Å². The van der Waals surface area contributed by atoms with Crippen molar-refractivity contribution >= 4 is 33.7 Å². The summed E-state index contributed by atoms with van der Waals surface area (Å²) < 4.78 is 34.2. The molecule has 35 heavy (non-hydrogen) atoms. The van der Waals surface area contributed by atoms with Gasteiger partial charge in [-0.05, 0) is 25.2 Å². The van der Waals surface area contributed by atoms with Gasteiger partial charge >= 0.3 is 5.97 Å². The summed E-state index contributed by atoms with van der Waals surface area (Å²) in [4.78, 5) is 53.4. The molecule has 1 aliphatic rings. The molecule has 1 fully saturated rings. The number of primary amides is 1. The smallest absolute Gasteiger partial charge is 0.329 e. The van der Waals surface area contributed by atoms with Crippen LogP contribution >= 0.6 is 0 Å². The highest BCUT2D eigenvalue weighted by Crippen LogP contribution is 2.21. The van der Waals surface area contributed by atoms with Gasteiger partial charge in [-0.2, -0.15) is 0 Å². The number of carboxylic acids is 1. The molecule has 2 heterocycles. The van der Waals surface area contributed by atoms with Crippen molar-refractivity contribution in [3.63, 3.8) is 0 Å². The van der Waals surface area contributed by atoms with Gasteiger partial charge in [-0.3, -0.25) is 14.4 Å². The van der Waals surface area contributed by atoms with Gasteiger partial charge in [0.25, 0.3) is 10.0 Å². The van der Waals surface area contributed by atoms with Gasteiger partial charge in [-0.25, -0.2) is 22.9 Å². The number of nitrogens with two attached hydrogens (primary N) is 1. The first-order chi connectivity index (χ1) is 16.3. The Morgan fingerprint density at radius 3 is 2.51 bits per heavy atom. The van der Waals surface area contributed by atoms with Crippen molar-refractivity contribution in [3.8, 4) is 0 Å². The molecule has 3 amide bonds. The van der Waals surface area contributed by atoms with Crippen LogP contribution in [0.15, 0.2) is 17.6 Å². The minimum atomic E-state index is -3.98. The molecule has 5 N–H and O–H groups in total. The third-order valence-electron chi connectivity index (χ3n) is 5.32. The number of aliphatic carboxylic acids is 1. The molecule has 15 heteroatoms. The van der Waals surface area contributed by atoms with E-state index in [9.17, 15) is 27.6 Å². The van der Waals surface area contributed by atoms with Crippen molar-refractivity contribution in [2.45, 2.75) is 56.3 Å². The van der Waals surface area contributed by atoms with Crippen molar-refractivity contribution in [2.75, 3.05) is 19.8 Å². The normalized spacial score (nSPS) is 19.4. The van der Waals surface area contributed by atoms with E-state index in [2.05, 4.69) is 15.0 Å². The number of piperidine rings is 1. The minimum absolute atomic E-state index is 0.00578. The number of rotatable bonds is 12. The summed E-state index contributed by atoms with van der Waals surface area (Å²) >= 11 is 0. The molecule has 14 nitrogen and oxygen atoms in total. The van der Waals surface area contributed by atoms with Gasteiger partial charge in [0.15, 0.2) is 5.03 Å². The number of aromatic nitrogens is 2. The van der Waals surface area contributed by atoms with E-state index in [1.54, 1.807) is 7.05 Å². The molecule has 3 atom stereocenters. The van der Waals surface area contributed by atoms with E-state index < -0.39 is 65.1 Å². The lowest BCUT2D eigenvalue weighted by atomic mass is 9.96. The fourth-order valence-electron chi connectivity index (χ4n) is 3.72. The molecule has 2 rings (SSSR count).